The highest BCUT2D eigenvalue weighted by molar-refractivity contribution is 5.74. The molecule has 0 saturated carbocycles. The molecule has 0 unspecified atom stereocenters. The van der Waals surface area contributed by atoms with Gasteiger partial charge in [-0.3, -0.25) is 18.5 Å². The number of fused-ring (bicyclic) bond motifs is 1. The first-order valence-corrected chi connectivity index (χ1v) is 10.3. The molecule has 1 N–H and O–H groups in total. The first-order valence-electron chi connectivity index (χ1n) is 10.3. The van der Waals surface area contributed by atoms with Gasteiger partial charge in [0.1, 0.15) is 0 Å². The molecule has 0 fully saturated rings. The molecular formula is C24H27N5O2. The van der Waals surface area contributed by atoms with E-state index in [4.69, 9.17) is 0 Å². The number of anilines is 1. The van der Waals surface area contributed by atoms with E-state index in [1.165, 1.54) is 22.7 Å². The molecule has 0 saturated heterocycles. The Hall–Kier alpha value is -3.61. The number of benzene rings is 2. The van der Waals surface area contributed by atoms with Crippen molar-refractivity contribution in [1.29, 1.82) is 0 Å². The molecule has 7 nitrogen and oxygen atoms in total. The molecule has 0 atom stereocenters. The van der Waals surface area contributed by atoms with Crippen molar-refractivity contribution in [3.8, 4) is 11.1 Å². The van der Waals surface area contributed by atoms with Gasteiger partial charge in [0.15, 0.2) is 11.2 Å². The minimum absolute atomic E-state index is 0.353. The Labute approximate surface area is 180 Å². The van der Waals surface area contributed by atoms with Gasteiger partial charge in [0.2, 0.25) is 5.95 Å². The summed E-state index contributed by atoms with van der Waals surface area (Å²) < 4.78 is 4.34. The number of nitrogens with one attached hydrogen (secondary N) is 1. The van der Waals surface area contributed by atoms with Gasteiger partial charge in [-0.2, -0.15) is 4.98 Å². The van der Waals surface area contributed by atoms with E-state index in [0.29, 0.717) is 29.6 Å². The molecule has 0 bridgehead atoms. The highest BCUT2D eigenvalue weighted by Crippen LogP contribution is 2.24. The van der Waals surface area contributed by atoms with Gasteiger partial charge in [-0.05, 0) is 28.2 Å². The average molecular weight is 418 g/mol. The summed E-state index contributed by atoms with van der Waals surface area (Å²) in [7, 11) is 4.87. The summed E-state index contributed by atoms with van der Waals surface area (Å²) in [5.74, 6) is 1.05. The van der Waals surface area contributed by atoms with Gasteiger partial charge in [0, 0.05) is 21.1 Å². The van der Waals surface area contributed by atoms with Crippen molar-refractivity contribution >= 4 is 17.1 Å². The summed E-state index contributed by atoms with van der Waals surface area (Å²) in [6.45, 7) is 4.84. The lowest BCUT2D eigenvalue weighted by molar-refractivity contribution is 0.702. The van der Waals surface area contributed by atoms with E-state index >= 15 is 0 Å². The lowest BCUT2D eigenvalue weighted by Crippen LogP contribution is -2.37. The Bertz CT molecular complexity index is 1360. The van der Waals surface area contributed by atoms with Crippen LogP contribution in [0.1, 0.15) is 30.9 Å². The van der Waals surface area contributed by atoms with E-state index in [1.54, 1.807) is 14.1 Å². The maximum atomic E-state index is 12.8. The third-order valence-electron chi connectivity index (χ3n) is 5.78. The van der Waals surface area contributed by atoms with E-state index in [2.05, 4.69) is 72.7 Å². The normalized spacial score (nSPS) is 11.4. The first kappa shape index (κ1) is 20.7. The molecule has 2 heterocycles. The highest BCUT2D eigenvalue weighted by Gasteiger charge is 2.18. The Balaban J connectivity index is 1.71. The van der Waals surface area contributed by atoms with Crippen molar-refractivity contribution in [3.63, 3.8) is 0 Å². The molecule has 2 aromatic carbocycles. The molecule has 31 heavy (non-hydrogen) atoms. The van der Waals surface area contributed by atoms with Crippen LogP contribution in [0, 0.1) is 0 Å². The molecule has 0 aliphatic heterocycles. The zero-order chi connectivity index (χ0) is 22.3. The third-order valence-corrected chi connectivity index (χ3v) is 5.78. The van der Waals surface area contributed by atoms with Crippen molar-refractivity contribution in [2.75, 3.05) is 12.4 Å². The fourth-order valence-electron chi connectivity index (χ4n) is 3.84. The van der Waals surface area contributed by atoms with Crippen LogP contribution in [0.4, 0.5) is 5.95 Å². The van der Waals surface area contributed by atoms with Gasteiger partial charge in [0.05, 0.1) is 6.54 Å². The van der Waals surface area contributed by atoms with Crippen molar-refractivity contribution < 1.29 is 0 Å². The van der Waals surface area contributed by atoms with Gasteiger partial charge in [-0.25, -0.2) is 4.79 Å². The fraction of sp³-hybridized carbons (Fsp3) is 0.292. The maximum absolute atomic E-state index is 12.8. The number of rotatable bonds is 5. The van der Waals surface area contributed by atoms with E-state index in [0.717, 1.165) is 15.7 Å². The Morgan fingerprint density at radius 2 is 1.48 bits per heavy atom. The van der Waals surface area contributed by atoms with Crippen molar-refractivity contribution in [2.45, 2.75) is 26.3 Å². The van der Waals surface area contributed by atoms with Gasteiger partial charge < -0.3 is 5.32 Å². The van der Waals surface area contributed by atoms with Crippen LogP contribution < -0.4 is 16.6 Å². The summed E-state index contributed by atoms with van der Waals surface area (Å²) >= 11 is 0. The van der Waals surface area contributed by atoms with Crippen LogP contribution in [0.3, 0.4) is 0 Å². The third kappa shape index (κ3) is 3.56. The summed E-state index contributed by atoms with van der Waals surface area (Å²) in [6, 6.07) is 16.9. The number of aryl methyl sites for hydroxylation is 1. The molecule has 4 rings (SSSR count). The fourth-order valence-corrected chi connectivity index (χ4v) is 3.84. The van der Waals surface area contributed by atoms with Crippen LogP contribution >= 0.6 is 0 Å². The lowest BCUT2D eigenvalue weighted by atomic mass is 9.98. The predicted molar refractivity (Wildman–Crippen MR) is 125 cm³/mol. The molecule has 0 aliphatic rings. The monoisotopic (exact) mass is 417 g/mol. The van der Waals surface area contributed by atoms with Crippen LogP contribution in [0.25, 0.3) is 22.3 Å². The van der Waals surface area contributed by atoms with E-state index in [-0.39, 0.29) is 5.56 Å². The summed E-state index contributed by atoms with van der Waals surface area (Å²) in [5.41, 5.74) is 4.70. The largest absolute Gasteiger partial charge is 0.359 e. The molecule has 4 aromatic rings. The van der Waals surface area contributed by atoms with Crippen LogP contribution in [0.5, 0.6) is 0 Å². The number of hydrogen-bond acceptors (Lipinski definition) is 4. The second-order valence-corrected chi connectivity index (χ2v) is 8.12. The van der Waals surface area contributed by atoms with E-state index in [1.807, 2.05) is 4.57 Å². The second kappa shape index (κ2) is 7.91. The molecule has 0 aliphatic carbocycles. The number of aromatic nitrogens is 4. The number of imidazole rings is 1. The molecule has 0 amide bonds. The van der Waals surface area contributed by atoms with E-state index in [9.17, 15) is 9.59 Å². The SMILES string of the molecule is CNc1nc2c(c(=O)n(C)c(=O)n2C)n1Cc1ccc(-c2ccc(C(C)C)cc2)cc1. The Kier molecular flexibility index (Phi) is 5.27. The maximum Gasteiger partial charge on any atom is 0.332 e. The smallest absolute Gasteiger partial charge is 0.332 e. The van der Waals surface area contributed by atoms with Crippen LogP contribution in [0.15, 0.2) is 58.1 Å². The van der Waals surface area contributed by atoms with Crippen LogP contribution in [-0.2, 0) is 20.6 Å². The second-order valence-electron chi connectivity index (χ2n) is 8.12. The van der Waals surface area contributed by atoms with E-state index < -0.39 is 5.69 Å². The molecular weight excluding hydrogens is 390 g/mol. The number of hydrogen-bond donors (Lipinski definition) is 1. The topological polar surface area (TPSA) is 73.8 Å². The summed E-state index contributed by atoms with van der Waals surface area (Å²) in [5, 5.41) is 3.04. The van der Waals surface area contributed by atoms with Gasteiger partial charge >= 0.3 is 5.69 Å². The summed E-state index contributed by atoms with van der Waals surface area (Å²) in [6.07, 6.45) is 0. The average Bonchev–Trinajstić information content (AvgIpc) is 3.15. The van der Waals surface area contributed by atoms with Gasteiger partial charge in [-0.15, -0.1) is 0 Å². The van der Waals surface area contributed by atoms with Crippen molar-refractivity contribution in [3.05, 3.63) is 80.5 Å². The molecule has 160 valence electrons. The Morgan fingerprint density at radius 1 is 0.903 bits per heavy atom. The molecule has 7 heteroatoms. The van der Waals surface area contributed by atoms with Crippen molar-refractivity contribution in [1.82, 2.24) is 18.7 Å². The quantitative estimate of drug-likeness (QED) is 0.541. The number of nitrogens with zero attached hydrogens (tertiary/aromatic N) is 4. The highest BCUT2D eigenvalue weighted by atomic mass is 16.2. The van der Waals surface area contributed by atoms with Crippen LogP contribution in [-0.4, -0.2) is 25.7 Å². The zero-order valence-corrected chi connectivity index (χ0v) is 18.5. The lowest BCUT2D eigenvalue weighted by Gasteiger charge is -2.11. The summed E-state index contributed by atoms with van der Waals surface area (Å²) in [4.78, 5) is 29.6. The molecule has 0 spiro atoms. The molecule has 2 aromatic heterocycles. The zero-order valence-electron chi connectivity index (χ0n) is 18.5. The standard InChI is InChI=1S/C24H27N5O2/c1-15(2)17-10-12-19(13-11-17)18-8-6-16(7-9-18)14-29-20-21(26-23(29)25-3)27(4)24(31)28(5)22(20)30/h6-13,15H,14H2,1-5H3,(H,25,26). The van der Waals surface area contributed by atoms with Crippen molar-refractivity contribution in [2.24, 2.45) is 14.1 Å². The van der Waals surface area contributed by atoms with Gasteiger partial charge in [0.25, 0.3) is 5.56 Å². The predicted octanol–water partition coefficient (Wildman–Crippen LogP) is 3.31. The minimum Gasteiger partial charge on any atom is -0.359 e. The Morgan fingerprint density at radius 3 is 2.03 bits per heavy atom. The minimum atomic E-state index is -0.391. The van der Waals surface area contributed by atoms with Crippen LogP contribution in [0.2, 0.25) is 0 Å². The first-order chi connectivity index (χ1) is 14.8. The molecule has 0 radical (unpaired) electrons. The van der Waals surface area contributed by atoms with Gasteiger partial charge in [-0.1, -0.05) is 62.4 Å².